The Morgan fingerprint density at radius 1 is 1.16 bits per heavy atom. The molecular formula is C18H16N2O4S. The van der Waals surface area contributed by atoms with Crippen molar-refractivity contribution in [2.24, 2.45) is 0 Å². The van der Waals surface area contributed by atoms with E-state index in [-0.39, 0.29) is 17.6 Å². The third kappa shape index (κ3) is 3.77. The average Bonchev–Trinajstić information content (AvgIpc) is 3.05. The van der Waals surface area contributed by atoms with Crippen molar-refractivity contribution in [3.63, 3.8) is 0 Å². The summed E-state index contributed by atoms with van der Waals surface area (Å²) in [5.74, 6) is 0.516. The van der Waals surface area contributed by atoms with E-state index in [9.17, 15) is 9.59 Å². The molecule has 0 bridgehead atoms. The molecule has 0 aliphatic heterocycles. The van der Waals surface area contributed by atoms with E-state index >= 15 is 0 Å². The highest BCUT2D eigenvalue weighted by atomic mass is 32.1. The summed E-state index contributed by atoms with van der Waals surface area (Å²) in [7, 11) is 1.55. The van der Waals surface area contributed by atoms with Gasteiger partial charge in [0.15, 0.2) is 0 Å². The molecule has 0 atom stereocenters. The normalized spacial score (nSPS) is 10.5. The molecule has 6 nitrogen and oxygen atoms in total. The van der Waals surface area contributed by atoms with Crippen LogP contribution in [0.3, 0.4) is 0 Å². The van der Waals surface area contributed by atoms with Crippen LogP contribution in [0.2, 0.25) is 0 Å². The van der Waals surface area contributed by atoms with Crippen molar-refractivity contribution < 1.29 is 19.1 Å². The number of carbonyl (C=O) groups excluding carboxylic acids is 2. The number of pyridine rings is 1. The molecule has 0 fully saturated rings. The van der Waals surface area contributed by atoms with Crippen LogP contribution < -0.4 is 10.1 Å². The summed E-state index contributed by atoms with van der Waals surface area (Å²) in [4.78, 5) is 28.0. The highest BCUT2D eigenvalue weighted by molar-refractivity contribution is 7.20. The first-order valence-electron chi connectivity index (χ1n) is 7.67. The number of thiophene rings is 1. The number of hydrogen-bond donors (Lipinski definition) is 1. The first kappa shape index (κ1) is 16.9. The summed E-state index contributed by atoms with van der Waals surface area (Å²) in [5, 5.41) is 3.47. The van der Waals surface area contributed by atoms with Gasteiger partial charge in [0.1, 0.15) is 22.1 Å². The van der Waals surface area contributed by atoms with Gasteiger partial charge >= 0.3 is 5.97 Å². The van der Waals surface area contributed by atoms with Crippen LogP contribution in [0.4, 0.5) is 0 Å². The molecule has 25 heavy (non-hydrogen) atoms. The molecule has 0 unspecified atom stereocenters. The summed E-state index contributed by atoms with van der Waals surface area (Å²) in [5.41, 5.74) is 0.279. The fourth-order valence-corrected chi connectivity index (χ4v) is 3.23. The van der Waals surface area contributed by atoms with Gasteiger partial charge in [-0.1, -0.05) is 0 Å². The van der Waals surface area contributed by atoms with Crippen LogP contribution in [0.5, 0.6) is 11.5 Å². The zero-order valence-corrected chi connectivity index (χ0v) is 14.6. The third-order valence-electron chi connectivity index (χ3n) is 3.39. The maximum absolute atomic E-state index is 11.8. The van der Waals surface area contributed by atoms with Crippen molar-refractivity contribution >= 4 is 33.3 Å². The minimum atomic E-state index is -0.324. The smallest absolute Gasteiger partial charge is 0.348 e. The Hall–Kier alpha value is -2.93. The van der Waals surface area contributed by atoms with E-state index < -0.39 is 0 Å². The topological polar surface area (TPSA) is 77.5 Å². The van der Waals surface area contributed by atoms with E-state index in [0.717, 1.165) is 10.1 Å². The zero-order chi connectivity index (χ0) is 17.8. The molecular weight excluding hydrogens is 340 g/mol. The molecule has 1 aromatic carbocycles. The second-order valence-electron chi connectivity index (χ2n) is 5.09. The molecule has 7 heteroatoms. The molecule has 0 spiro atoms. The lowest BCUT2D eigenvalue weighted by molar-refractivity contribution is 0.0532. The van der Waals surface area contributed by atoms with Crippen molar-refractivity contribution in [1.29, 1.82) is 0 Å². The Bertz CT molecular complexity index is 936. The van der Waals surface area contributed by atoms with Gasteiger partial charge < -0.3 is 14.8 Å². The standard InChI is InChI=1S/C18H16N2O4S/c1-3-23-18(22)16-8-11-4-5-12(10-15(11)25-16)24-13-6-7-20-14(9-13)17(21)19-2/h4-10H,3H2,1-2H3,(H,19,21). The first-order valence-corrected chi connectivity index (χ1v) is 8.49. The Kier molecular flexibility index (Phi) is 4.95. The van der Waals surface area contributed by atoms with Crippen molar-refractivity contribution in [2.75, 3.05) is 13.7 Å². The molecule has 2 heterocycles. The lowest BCUT2D eigenvalue weighted by Gasteiger charge is -2.06. The largest absolute Gasteiger partial charge is 0.462 e. The molecule has 3 rings (SSSR count). The van der Waals surface area contributed by atoms with E-state index in [1.165, 1.54) is 17.5 Å². The monoisotopic (exact) mass is 356 g/mol. The van der Waals surface area contributed by atoms with Gasteiger partial charge in [-0.15, -0.1) is 11.3 Å². The van der Waals surface area contributed by atoms with E-state index in [0.29, 0.717) is 23.0 Å². The van der Waals surface area contributed by atoms with Gasteiger partial charge in [-0.3, -0.25) is 9.78 Å². The van der Waals surface area contributed by atoms with Crippen LogP contribution in [-0.4, -0.2) is 30.5 Å². The predicted molar refractivity (Wildman–Crippen MR) is 95.5 cm³/mol. The number of amides is 1. The molecule has 1 amide bonds. The van der Waals surface area contributed by atoms with E-state index in [1.54, 1.807) is 32.2 Å². The van der Waals surface area contributed by atoms with Gasteiger partial charge in [-0.25, -0.2) is 4.79 Å². The van der Waals surface area contributed by atoms with Crippen LogP contribution in [0.15, 0.2) is 42.6 Å². The van der Waals surface area contributed by atoms with Gasteiger partial charge in [0.2, 0.25) is 0 Å². The Morgan fingerprint density at radius 3 is 2.72 bits per heavy atom. The molecule has 0 saturated heterocycles. The number of fused-ring (bicyclic) bond motifs is 1. The lowest BCUT2D eigenvalue weighted by atomic mass is 10.2. The molecule has 2 aromatic heterocycles. The van der Waals surface area contributed by atoms with Crippen LogP contribution in [-0.2, 0) is 4.74 Å². The maximum atomic E-state index is 11.8. The van der Waals surface area contributed by atoms with Crippen LogP contribution in [0.25, 0.3) is 10.1 Å². The predicted octanol–water partition coefficient (Wildman–Crippen LogP) is 3.62. The summed E-state index contributed by atoms with van der Waals surface area (Å²) in [6.07, 6.45) is 1.52. The number of aromatic nitrogens is 1. The van der Waals surface area contributed by atoms with Crippen LogP contribution >= 0.6 is 11.3 Å². The van der Waals surface area contributed by atoms with Gasteiger partial charge in [0.25, 0.3) is 5.91 Å². The third-order valence-corrected chi connectivity index (χ3v) is 4.47. The molecule has 0 aliphatic carbocycles. The SMILES string of the molecule is CCOC(=O)c1cc2ccc(Oc3ccnc(C(=O)NC)c3)cc2s1. The Labute approximate surface area is 148 Å². The van der Waals surface area contributed by atoms with Gasteiger partial charge in [-0.2, -0.15) is 0 Å². The number of carbonyl (C=O) groups is 2. The molecule has 3 aromatic rings. The molecule has 0 aliphatic rings. The number of benzene rings is 1. The highest BCUT2D eigenvalue weighted by Gasteiger charge is 2.12. The highest BCUT2D eigenvalue weighted by Crippen LogP contribution is 2.31. The summed E-state index contributed by atoms with van der Waals surface area (Å²) < 4.78 is 11.8. The molecule has 0 radical (unpaired) electrons. The van der Waals surface area contributed by atoms with Gasteiger partial charge in [-0.05, 0) is 42.6 Å². The van der Waals surface area contributed by atoms with Crippen molar-refractivity contribution in [1.82, 2.24) is 10.3 Å². The van der Waals surface area contributed by atoms with Gasteiger partial charge in [0.05, 0.1) is 6.61 Å². The van der Waals surface area contributed by atoms with Crippen molar-refractivity contribution in [3.05, 3.63) is 53.2 Å². The number of ether oxygens (including phenoxy) is 2. The Morgan fingerprint density at radius 2 is 1.96 bits per heavy atom. The van der Waals surface area contributed by atoms with Crippen LogP contribution in [0.1, 0.15) is 27.1 Å². The average molecular weight is 356 g/mol. The fraction of sp³-hybridized carbons (Fsp3) is 0.167. The zero-order valence-electron chi connectivity index (χ0n) is 13.7. The van der Waals surface area contributed by atoms with Gasteiger partial charge in [0, 0.05) is 24.0 Å². The quantitative estimate of drug-likeness (QED) is 0.707. The summed E-state index contributed by atoms with van der Waals surface area (Å²) >= 11 is 1.35. The molecule has 0 saturated carbocycles. The Balaban J connectivity index is 1.85. The van der Waals surface area contributed by atoms with E-state index in [2.05, 4.69) is 10.3 Å². The maximum Gasteiger partial charge on any atom is 0.348 e. The van der Waals surface area contributed by atoms with Crippen LogP contribution in [0, 0.1) is 0 Å². The van der Waals surface area contributed by atoms with Crippen molar-refractivity contribution in [3.8, 4) is 11.5 Å². The van der Waals surface area contributed by atoms with E-state index in [4.69, 9.17) is 9.47 Å². The number of nitrogens with one attached hydrogen (secondary N) is 1. The second kappa shape index (κ2) is 7.31. The molecule has 128 valence electrons. The minimum absolute atomic E-state index is 0.279. The minimum Gasteiger partial charge on any atom is -0.462 e. The first-order chi connectivity index (χ1) is 12.1. The molecule has 1 N–H and O–H groups in total. The number of rotatable bonds is 5. The summed E-state index contributed by atoms with van der Waals surface area (Å²) in [6.45, 7) is 2.12. The lowest BCUT2D eigenvalue weighted by Crippen LogP contribution is -2.18. The number of nitrogens with zero attached hydrogens (tertiary/aromatic N) is 1. The number of hydrogen-bond acceptors (Lipinski definition) is 6. The second-order valence-corrected chi connectivity index (χ2v) is 6.17. The fourth-order valence-electron chi connectivity index (χ4n) is 2.24. The van der Waals surface area contributed by atoms with E-state index in [1.807, 2.05) is 18.2 Å². The van der Waals surface area contributed by atoms with Crippen molar-refractivity contribution in [2.45, 2.75) is 6.92 Å². The summed E-state index contributed by atoms with van der Waals surface area (Å²) in [6, 6.07) is 10.6. The number of esters is 1.